The second-order valence-electron chi connectivity index (χ2n) is 23.8. The molecule has 0 radical (unpaired) electrons. The molecule has 0 atom stereocenters. The highest BCUT2D eigenvalue weighted by Gasteiger charge is 2.54. The van der Waals surface area contributed by atoms with E-state index in [4.69, 9.17) is 0 Å². The molecule has 7 aromatic carbocycles. The first-order valence-corrected chi connectivity index (χ1v) is 25.9. The van der Waals surface area contributed by atoms with Crippen LogP contribution < -0.4 is 10.9 Å². The Morgan fingerprint density at radius 1 is 0.439 bits per heavy atom. The fourth-order valence-electron chi connectivity index (χ4n) is 18.4. The Bertz CT molecular complexity index is 3550. The molecule has 320 valence electrons. The van der Waals surface area contributed by atoms with Crippen molar-refractivity contribution in [2.75, 3.05) is 0 Å². The monoisotopic (exact) mass is 850 g/mol. The fourth-order valence-corrected chi connectivity index (χ4v) is 18.4. The molecule has 4 heterocycles. The van der Waals surface area contributed by atoms with Crippen LogP contribution in [0.15, 0.2) is 133 Å². The summed E-state index contributed by atoms with van der Waals surface area (Å²) in [6, 6.07) is 53.3. The summed E-state index contributed by atoms with van der Waals surface area (Å²) in [5.41, 5.74) is 23.3. The van der Waals surface area contributed by atoms with E-state index in [2.05, 4.69) is 149 Å². The quantitative estimate of drug-likeness (QED) is 0.156. The summed E-state index contributed by atoms with van der Waals surface area (Å²) in [7, 11) is 0. The van der Waals surface area contributed by atoms with E-state index >= 15 is 0 Å². The Kier molecular flexibility index (Phi) is 6.83. The van der Waals surface area contributed by atoms with E-state index < -0.39 is 0 Å². The van der Waals surface area contributed by atoms with Crippen LogP contribution in [0.2, 0.25) is 0 Å². The number of benzene rings is 7. The van der Waals surface area contributed by atoms with Crippen molar-refractivity contribution in [1.82, 2.24) is 9.05 Å². The van der Waals surface area contributed by atoms with Gasteiger partial charge >= 0.3 is 6.85 Å². The van der Waals surface area contributed by atoms with Crippen molar-refractivity contribution in [3.63, 3.8) is 0 Å². The zero-order valence-corrected chi connectivity index (χ0v) is 38.1. The average Bonchev–Trinajstić information content (AvgIpc) is 3.84. The second kappa shape index (κ2) is 12.4. The Labute approximate surface area is 388 Å². The lowest BCUT2D eigenvalue weighted by molar-refractivity contribution is -0.00527. The highest BCUT2D eigenvalue weighted by molar-refractivity contribution is 6.90. The Morgan fingerprint density at radius 2 is 0.985 bits per heavy atom. The first kappa shape index (κ1) is 36.3. The third-order valence-corrected chi connectivity index (χ3v) is 20.0. The van der Waals surface area contributed by atoms with Gasteiger partial charge in [0.2, 0.25) is 0 Å². The number of aryl methyl sites for hydroxylation is 1. The molecule has 2 nitrogen and oxygen atoms in total. The van der Waals surface area contributed by atoms with Crippen LogP contribution in [0.3, 0.4) is 0 Å². The van der Waals surface area contributed by atoms with Gasteiger partial charge in [-0.1, -0.05) is 84.9 Å². The van der Waals surface area contributed by atoms with Gasteiger partial charge < -0.3 is 9.05 Å². The summed E-state index contributed by atoms with van der Waals surface area (Å²) in [4.78, 5) is 0. The van der Waals surface area contributed by atoms with Crippen LogP contribution >= 0.6 is 0 Å². The smallest absolute Gasteiger partial charge is 0.333 e. The van der Waals surface area contributed by atoms with Gasteiger partial charge in [-0.15, -0.1) is 0 Å². The maximum absolute atomic E-state index is 2.88. The Hall–Kier alpha value is -5.80. The predicted molar refractivity (Wildman–Crippen MR) is 275 cm³/mol. The van der Waals surface area contributed by atoms with Crippen molar-refractivity contribution >= 4 is 61.4 Å². The molecule has 9 aromatic rings. The summed E-state index contributed by atoms with van der Waals surface area (Å²) in [6.07, 6.45) is 17.3. The minimum Gasteiger partial charge on any atom is -0.375 e. The molecule has 0 N–H and O–H groups in total. The van der Waals surface area contributed by atoms with Crippen LogP contribution in [0.4, 0.5) is 0 Å². The lowest BCUT2D eigenvalue weighted by Crippen LogP contribution is -2.55. The van der Waals surface area contributed by atoms with Gasteiger partial charge in [0.1, 0.15) is 0 Å². The number of aromatic nitrogens is 2. The van der Waals surface area contributed by atoms with Gasteiger partial charge in [-0.05, 0) is 234 Å². The topological polar surface area (TPSA) is 9.86 Å². The predicted octanol–water partition coefficient (Wildman–Crippen LogP) is 14.4. The van der Waals surface area contributed by atoms with Crippen molar-refractivity contribution < 1.29 is 0 Å². The SMILES string of the molecule is Cc1cc2c3c(c1)-n1c4ccc(-c5ccccc5)cc4c4cc(-c5ccccc5)cc(c41)B3n1c3ccc(C45CC6CC(CC(C6)C4)C5)cc3c3cc(C45CC6CC(CC(C6)C4)C5)cc-2c31. The van der Waals surface area contributed by atoms with E-state index in [-0.39, 0.29) is 6.85 Å². The molecule has 8 saturated carbocycles. The average molecular weight is 851 g/mol. The van der Waals surface area contributed by atoms with Gasteiger partial charge in [-0.2, -0.15) is 0 Å². The summed E-state index contributed by atoms with van der Waals surface area (Å²) in [5, 5.41) is 5.74. The van der Waals surface area contributed by atoms with Gasteiger partial charge in [-0.3, -0.25) is 0 Å². The molecule has 2 aromatic heterocycles. The molecule has 19 rings (SSSR count). The minimum atomic E-state index is 0.0514. The lowest BCUT2D eigenvalue weighted by Gasteiger charge is -2.57. The third-order valence-electron chi connectivity index (χ3n) is 20.0. The van der Waals surface area contributed by atoms with Gasteiger partial charge in [-0.25, -0.2) is 0 Å². The van der Waals surface area contributed by atoms with Crippen molar-refractivity contribution in [1.29, 1.82) is 0 Å². The van der Waals surface area contributed by atoms with Gasteiger partial charge in [0.15, 0.2) is 0 Å². The summed E-state index contributed by atoms with van der Waals surface area (Å²) in [5.74, 6) is 5.51. The first-order valence-electron chi connectivity index (χ1n) is 25.9. The number of fused-ring (bicyclic) bond motifs is 10. The second-order valence-corrected chi connectivity index (χ2v) is 23.8. The van der Waals surface area contributed by atoms with E-state index in [1.165, 1.54) is 176 Å². The molecule has 0 unspecified atom stereocenters. The molecule has 8 aliphatic carbocycles. The largest absolute Gasteiger partial charge is 0.375 e. The molecule has 3 heteroatoms. The van der Waals surface area contributed by atoms with E-state index in [0.717, 1.165) is 35.5 Å². The Balaban J connectivity index is 0.991. The van der Waals surface area contributed by atoms with Crippen LogP contribution in [0.25, 0.3) is 82.7 Å². The van der Waals surface area contributed by atoms with E-state index in [1.807, 2.05) is 0 Å². The fraction of sp³-hybridized carbons (Fsp3) is 0.333. The van der Waals surface area contributed by atoms with Crippen LogP contribution in [0.5, 0.6) is 0 Å². The number of nitrogens with zero attached hydrogens (tertiary/aromatic N) is 2. The summed E-state index contributed by atoms with van der Waals surface area (Å²) in [6.45, 7) is 2.41. The number of hydrogen-bond acceptors (Lipinski definition) is 0. The summed E-state index contributed by atoms with van der Waals surface area (Å²) < 4.78 is 5.57. The minimum absolute atomic E-state index is 0.0514. The van der Waals surface area contributed by atoms with Crippen LogP contribution in [0, 0.1) is 42.4 Å². The number of hydrogen-bond donors (Lipinski definition) is 0. The lowest BCUT2D eigenvalue weighted by atomic mass is 9.45. The van der Waals surface area contributed by atoms with Gasteiger partial charge in [0, 0.05) is 43.8 Å². The molecule has 66 heavy (non-hydrogen) atoms. The van der Waals surface area contributed by atoms with Gasteiger partial charge in [0.05, 0.1) is 11.0 Å². The standard InChI is InChI=1S/C63H55BN2/c1-36-16-51-54-29-48(63-33-40-21-41(34-63)23-42(22-40)35-63)28-53-50-27-47(62-30-37-18-38(31-62)20-39(19-37)32-62)13-15-57(50)66(60(53)54)64-55-26-46(44-10-6-3-7-11-44)25-52-49-24-45(43-8-4-2-5-9-43)12-14-56(49)65(61(52)55)58(17-36)59(51)64/h2-17,24-29,37-42H,18-23,30-35H2,1H3. The van der Waals surface area contributed by atoms with Crippen molar-refractivity contribution in [3.8, 4) is 39.1 Å². The highest BCUT2D eigenvalue weighted by Crippen LogP contribution is 2.63. The zero-order valence-electron chi connectivity index (χ0n) is 38.1. The molecule has 0 spiro atoms. The first-order chi connectivity index (χ1) is 32.4. The molecular weight excluding hydrogens is 796 g/mol. The normalized spacial score (nSPS) is 29.3. The molecule has 0 saturated heterocycles. The zero-order chi connectivity index (χ0) is 42.8. The molecule has 2 aliphatic heterocycles. The highest BCUT2D eigenvalue weighted by atomic mass is 15.0. The maximum Gasteiger partial charge on any atom is 0.333 e. The van der Waals surface area contributed by atoms with E-state index in [1.54, 1.807) is 11.1 Å². The van der Waals surface area contributed by atoms with Crippen molar-refractivity contribution in [2.45, 2.75) is 94.8 Å². The van der Waals surface area contributed by atoms with Crippen LogP contribution in [0.1, 0.15) is 93.7 Å². The molecular formula is C63H55BN2. The summed E-state index contributed by atoms with van der Waals surface area (Å²) >= 11 is 0. The Morgan fingerprint density at radius 3 is 1.64 bits per heavy atom. The van der Waals surface area contributed by atoms with Gasteiger partial charge in [0.25, 0.3) is 0 Å². The van der Waals surface area contributed by atoms with E-state index in [0.29, 0.717) is 10.8 Å². The molecule has 8 fully saturated rings. The van der Waals surface area contributed by atoms with Crippen molar-refractivity contribution in [3.05, 3.63) is 150 Å². The van der Waals surface area contributed by atoms with Crippen LogP contribution in [-0.4, -0.2) is 15.9 Å². The van der Waals surface area contributed by atoms with Crippen LogP contribution in [-0.2, 0) is 10.8 Å². The molecule has 10 aliphatic rings. The third kappa shape index (κ3) is 4.66. The molecule has 0 amide bonds. The maximum atomic E-state index is 2.88. The number of rotatable bonds is 4. The van der Waals surface area contributed by atoms with E-state index in [9.17, 15) is 0 Å². The molecule has 8 bridgehead atoms. The van der Waals surface area contributed by atoms with Crippen molar-refractivity contribution in [2.24, 2.45) is 35.5 Å².